The number of carboxylic acids is 2. The Morgan fingerprint density at radius 2 is 0.941 bits per heavy atom. The molecule has 8 nitrogen and oxygen atoms in total. The largest absolute Gasteiger partial charge is 0.481 e. The first kappa shape index (κ1) is 44.2. The predicted octanol–water partition coefficient (Wildman–Crippen LogP) is 10.6. The van der Waals surface area contributed by atoms with Gasteiger partial charge in [0.15, 0.2) is 0 Å². The molecule has 0 unspecified atom stereocenters. The second kappa shape index (κ2) is 18.7. The van der Waals surface area contributed by atoms with Gasteiger partial charge in [0, 0.05) is 46.6 Å². The van der Waals surface area contributed by atoms with E-state index in [9.17, 15) is 19.2 Å². The van der Waals surface area contributed by atoms with Crippen LogP contribution in [0.3, 0.4) is 0 Å². The van der Waals surface area contributed by atoms with Crippen LogP contribution in [0, 0.1) is 11.8 Å². The number of ether oxygens (including phenoxy) is 2. The van der Waals surface area contributed by atoms with Gasteiger partial charge in [0.05, 0.1) is 4.08 Å². The number of esters is 2. The first-order valence-corrected chi connectivity index (χ1v) is 19.6. The maximum atomic E-state index is 12.9. The van der Waals surface area contributed by atoms with Crippen molar-refractivity contribution in [2.75, 3.05) is 0 Å². The molecule has 0 fully saturated rings. The molecule has 2 aromatic carbocycles. The first-order chi connectivity index (χ1) is 23.4. The fraction of sp³-hybridized carbons (Fsp3) is 0.610. The molecule has 0 bridgehead atoms. The number of carbonyl (C=O) groups excluding carboxylic acids is 2. The van der Waals surface area contributed by atoms with Crippen LogP contribution in [0.2, 0.25) is 0 Å². The molecule has 284 valence electrons. The number of carbonyl (C=O) groups is 4. The van der Waals surface area contributed by atoms with E-state index in [1.165, 1.54) is 0 Å². The molecule has 0 radical (unpaired) electrons. The van der Waals surface area contributed by atoms with Gasteiger partial charge in [0.25, 0.3) is 0 Å². The Hall–Kier alpha value is -2.98. The zero-order valence-electron chi connectivity index (χ0n) is 32.8. The molecular weight excluding hydrogens is 685 g/mol. The summed E-state index contributed by atoms with van der Waals surface area (Å²) in [6, 6.07) is 8.49. The molecule has 2 rings (SSSR count). The van der Waals surface area contributed by atoms with E-state index in [-0.39, 0.29) is 53.4 Å². The van der Waals surface area contributed by atoms with Crippen LogP contribution in [0.1, 0.15) is 144 Å². The van der Waals surface area contributed by atoms with Crippen LogP contribution >= 0.6 is 23.5 Å². The van der Waals surface area contributed by atoms with Crippen LogP contribution in [0.5, 0.6) is 11.5 Å². The van der Waals surface area contributed by atoms with E-state index in [4.69, 9.17) is 19.7 Å². The van der Waals surface area contributed by atoms with E-state index in [0.717, 1.165) is 44.9 Å². The minimum absolute atomic E-state index is 0.0277. The molecule has 2 aromatic rings. The number of benzene rings is 2. The molecule has 0 spiro atoms. The van der Waals surface area contributed by atoms with Gasteiger partial charge < -0.3 is 19.7 Å². The third kappa shape index (κ3) is 15.3. The Kier molecular flexibility index (Phi) is 16.2. The average molecular weight is 745 g/mol. The summed E-state index contributed by atoms with van der Waals surface area (Å²) in [5.41, 5.74) is 3.08. The minimum Gasteiger partial charge on any atom is -0.481 e. The normalized spacial score (nSPS) is 12.4. The van der Waals surface area contributed by atoms with Gasteiger partial charge in [-0.1, -0.05) is 69.2 Å². The van der Waals surface area contributed by atoms with E-state index in [0.29, 0.717) is 23.3 Å². The summed E-state index contributed by atoms with van der Waals surface area (Å²) in [5, 5.41) is 18.0. The average Bonchev–Trinajstić information content (AvgIpc) is 2.92. The summed E-state index contributed by atoms with van der Waals surface area (Å²) in [7, 11) is 0. The highest BCUT2D eigenvalue weighted by atomic mass is 32.2. The quantitative estimate of drug-likeness (QED) is 0.0659. The number of hydrogen-bond donors (Lipinski definition) is 2. The number of hydrogen-bond acceptors (Lipinski definition) is 8. The Labute approximate surface area is 314 Å². The molecule has 0 saturated heterocycles. The molecule has 2 N–H and O–H groups in total. The topological polar surface area (TPSA) is 127 Å². The molecule has 0 aliphatic carbocycles. The lowest BCUT2D eigenvalue weighted by molar-refractivity contribution is -0.139. The summed E-state index contributed by atoms with van der Waals surface area (Å²) in [4.78, 5) is 49.9. The lowest BCUT2D eigenvalue weighted by atomic mass is 9.79. The van der Waals surface area contributed by atoms with Gasteiger partial charge in [-0.3, -0.25) is 19.2 Å². The predicted molar refractivity (Wildman–Crippen MR) is 207 cm³/mol. The lowest BCUT2D eigenvalue weighted by Gasteiger charge is -2.31. The maximum Gasteiger partial charge on any atom is 0.311 e. The Morgan fingerprint density at radius 1 is 0.588 bits per heavy atom. The van der Waals surface area contributed by atoms with Crippen LogP contribution in [0.15, 0.2) is 34.1 Å². The lowest BCUT2D eigenvalue weighted by Crippen LogP contribution is -2.22. The van der Waals surface area contributed by atoms with Crippen LogP contribution in [-0.4, -0.2) is 38.2 Å². The summed E-state index contributed by atoms with van der Waals surface area (Å²) >= 11 is 3.48. The van der Waals surface area contributed by atoms with Gasteiger partial charge in [0.1, 0.15) is 11.5 Å². The van der Waals surface area contributed by atoms with E-state index in [1.54, 1.807) is 23.5 Å². The van der Waals surface area contributed by atoms with Crippen molar-refractivity contribution in [2.45, 2.75) is 159 Å². The van der Waals surface area contributed by atoms with Crippen molar-refractivity contribution in [3.05, 3.63) is 46.5 Å². The molecule has 51 heavy (non-hydrogen) atoms. The first-order valence-electron chi connectivity index (χ1n) is 18.0. The van der Waals surface area contributed by atoms with Crippen LogP contribution < -0.4 is 9.47 Å². The molecule has 0 aromatic heterocycles. The highest BCUT2D eigenvalue weighted by Gasteiger charge is 2.32. The van der Waals surface area contributed by atoms with Crippen LogP contribution in [0.4, 0.5) is 0 Å². The van der Waals surface area contributed by atoms with E-state index < -0.39 is 23.9 Å². The highest BCUT2D eigenvalue weighted by Crippen LogP contribution is 2.50. The SMILES string of the molecule is CC(C)Cc1cc(SC(C)(C)Sc2cc(C(C)(C)C)c(OC(=O)CCCC(=O)O)c(C(C)(C)C)c2)cc(CC(C)C)c1OC(=O)CCCC(=O)O. The second-order valence-electron chi connectivity index (χ2n) is 16.7. The molecule has 0 atom stereocenters. The van der Waals surface area contributed by atoms with Crippen molar-refractivity contribution >= 4 is 47.4 Å². The number of carboxylic acid groups (broad SMARTS) is 2. The monoisotopic (exact) mass is 744 g/mol. The molecule has 10 heteroatoms. The zero-order valence-corrected chi connectivity index (χ0v) is 34.4. The maximum absolute atomic E-state index is 12.9. The smallest absolute Gasteiger partial charge is 0.311 e. The van der Waals surface area contributed by atoms with Crippen molar-refractivity contribution in [1.29, 1.82) is 0 Å². The molecule has 0 heterocycles. The summed E-state index contributed by atoms with van der Waals surface area (Å²) in [5.74, 6) is -0.930. The van der Waals surface area contributed by atoms with Crippen molar-refractivity contribution in [2.24, 2.45) is 11.8 Å². The van der Waals surface area contributed by atoms with Crippen molar-refractivity contribution in [1.82, 2.24) is 0 Å². The molecule has 0 aliphatic heterocycles. The van der Waals surface area contributed by atoms with Gasteiger partial charge in [-0.05, 0) is 97.6 Å². The molecule has 0 amide bonds. The summed E-state index contributed by atoms with van der Waals surface area (Å²) in [6.07, 6.45) is 1.82. The van der Waals surface area contributed by atoms with Crippen molar-refractivity contribution in [3.63, 3.8) is 0 Å². The fourth-order valence-corrected chi connectivity index (χ4v) is 8.30. The highest BCUT2D eigenvalue weighted by molar-refractivity contribution is 8.18. The number of rotatable bonds is 18. The number of thioether (sulfide) groups is 2. The van der Waals surface area contributed by atoms with Gasteiger partial charge >= 0.3 is 23.9 Å². The summed E-state index contributed by atoms with van der Waals surface area (Å²) in [6.45, 7) is 25.5. The van der Waals surface area contributed by atoms with E-state index >= 15 is 0 Å². The van der Waals surface area contributed by atoms with Gasteiger partial charge in [-0.2, -0.15) is 0 Å². The van der Waals surface area contributed by atoms with Crippen LogP contribution in [0.25, 0.3) is 0 Å². The van der Waals surface area contributed by atoms with E-state index in [1.807, 2.05) is 0 Å². The Bertz CT molecular complexity index is 1480. The minimum atomic E-state index is -0.938. The third-order valence-corrected chi connectivity index (χ3v) is 10.3. The van der Waals surface area contributed by atoms with Gasteiger partial charge in [-0.15, -0.1) is 23.5 Å². The Morgan fingerprint density at radius 3 is 1.27 bits per heavy atom. The Balaban J connectivity index is 2.55. The molecule has 0 aliphatic rings. The van der Waals surface area contributed by atoms with Gasteiger partial charge in [-0.25, -0.2) is 0 Å². The second-order valence-corrected chi connectivity index (χ2v) is 20.3. The third-order valence-electron chi connectivity index (χ3n) is 7.85. The zero-order chi connectivity index (χ0) is 38.9. The van der Waals surface area contributed by atoms with Crippen molar-refractivity contribution < 1.29 is 38.9 Å². The van der Waals surface area contributed by atoms with E-state index in [2.05, 4.69) is 107 Å². The standard InChI is InChI=1S/C41H60O8S2/c1-25(2)19-27-21-29(22-28(20-26(3)4)37(27)48-35(46)17-13-15-33(42)43)50-41(11,12)51-30-23-31(39(5,6)7)38(32(24-30)40(8,9)10)49-36(47)18-14-16-34(44)45/h21-26H,13-20H2,1-12H3,(H,42,43)(H,44,45). The summed E-state index contributed by atoms with van der Waals surface area (Å²) < 4.78 is 11.7. The molecule has 0 saturated carbocycles. The fourth-order valence-electron chi connectivity index (χ4n) is 5.67. The van der Waals surface area contributed by atoms with Crippen molar-refractivity contribution in [3.8, 4) is 11.5 Å². The van der Waals surface area contributed by atoms with Gasteiger partial charge in [0.2, 0.25) is 0 Å². The molecular formula is C41H60O8S2. The number of aliphatic carboxylic acids is 2. The van der Waals surface area contributed by atoms with Crippen LogP contribution in [-0.2, 0) is 42.8 Å².